The van der Waals surface area contributed by atoms with E-state index in [4.69, 9.17) is 4.74 Å². The molecular weight excluding hydrogens is 390 g/mol. The highest BCUT2D eigenvalue weighted by Gasteiger charge is 2.13. The molecule has 0 unspecified atom stereocenters. The van der Waals surface area contributed by atoms with Crippen molar-refractivity contribution in [2.75, 3.05) is 19.8 Å². The van der Waals surface area contributed by atoms with E-state index >= 15 is 0 Å². The molecule has 30 heavy (non-hydrogen) atoms. The molecule has 1 N–H and O–H groups in total. The Morgan fingerprint density at radius 1 is 0.833 bits per heavy atom. The van der Waals surface area contributed by atoms with Crippen LogP contribution in [0.15, 0.2) is 60.7 Å². The molecule has 1 heterocycles. The van der Waals surface area contributed by atoms with Gasteiger partial charge in [0.05, 0.1) is 6.61 Å². The molecule has 1 fully saturated rings. The maximum Gasteiger partial charge on any atom is 0.0619 e. The lowest BCUT2D eigenvalue weighted by Gasteiger charge is -2.10. The van der Waals surface area contributed by atoms with Gasteiger partial charge in [-0.2, -0.15) is 0 Å². The zero-order chi connectivity index (χ0) is 20.0. The molecule has 2 nitrogen and oxygen atoms in total. The van der Waals surface area contributed by atoms with Crippen molar-refractivity contribution in [3.8, 4) is 11.1 Å². The van der Waals surface area contributed by atoms with Gasteiger partial charge >= 0.3 is 0 Å². The van der Waals surface area contributed by atoms with Gasteiger partial charge in [-0.25, -0.2) is 0 Å². The van der Waals surface area contributed by atoms with Crippen molar-refractivity contribution in [1.29, 1.82) is 0 Å². The number of hydrogen-bond donors (Lipinski definition) is 1. The largest absolute Gasteiger partial charge is 0.380 e. The smallest absolute Gasteiger partial charge is 0.0619 e. The summed E-state index contributed by atoms with van der Waals surface area (Å²) in [5, 5.41) is 3.48. The summed E-state index contributed by atoms with van der Waals surface area (Å²) in [6, 6.07) is 20.0. The van der Waals surface area contributed by atoms with Gasteiger partial charge in [-0.15, -0.1) is 12.4 Å². The highest BCUT2D eigenvalue weighted by molar-refractivity contribution is 5.85. The number of benzene rings is 2. The van der Waals surface area contributed by atoms with Crippen molar-refractivity contribution in [2.24, 2.45) is 0 Å². The lowest BCUT2D eigenvalue weighted by Crippen LogP contribution is -2.26. The highest BCUT2D eigenvalue weighted by Crippen LogP contribution is 2.20. The average molecular weight is 428 g/mol. The molecule has 2 aromatic carbocycles. The zero-order valence-corrected chi connectivity index (χ0v) is 19.0. The van der Waals surface area contributed by atoms with Crippen molar-refractivity contribution < 1.29 is 4.74 Å². The molecule has 1 atom stereocenters. The molecular formula is C27H38ClNO. The lowest BCUT2D eigenvalue weighted by atomic mass is 10.0. The summed E-state index contributed by atoms with van der Waals surface area (Å²) in [4.78, 5) is 0. The molecule has 0 radical (unpaired) electrons. The third-order valence-corrected chi connectivity index (χ3v) is 5.72. The lowest BCUT2D eigenvalue weighted by molar-refractivity contribution is 0.112. The second kappa shape index (κ2) is 15.2. The predicted molar refractivity (Wildman–Crippen MR) is 132 cm³/mol. The van der Waals surface area contributed by atoms with Gasteiger partial charge in [-0.3, -0.25) is 0 Å². The number of rotatable bonds is 13. The van der Waals surface area contributed by atoms with Gasteiger partial charge in [0, 0.05) is 12.6 Å². The molecule has 3 rings (SSSR count). The highest BCUT2D eigenvalue weighted by atomic mass is 35.5. The van der Waals surface area contributed by atoms with Crippen LogP contribution in [0.1, 0.15) is 63.4 Å². The molecule has 2 aromatic rings. The van der Waals surface area contributed by atoms with Crippen LogP contribution < -0.4 is 5.32 Å². The predicted octanol–water partition coefficient (Wildman–Crippen LogP) is 7.29. The monoisotopic (exact) mass is 427 g/mol. The number of nitrogens with one attached hydrogen (secondary N) is 1. The molecule has 0 amide bonds. The molecule has 3 heteroatoms. The topological polar surface area (TPSA) is 21.3 Å². The van der Waals surface area contributed by atoms with Gasteiger partial charge in [-0.1, -0.05) is 92.4 Å². The molecule has 0 spiro atoms. The van der Waals surface area contributed by atoms with E-state index in [0.29, 0.717) is 6.04 Å². The van der Waals surface area contributed by atoms with Gasteiger partial charge < -0.3 is 10.1 Å². The maximum atomic E-state index is 5.78. The Morgan fingerprint density at radius 2 is 1.53 bits per heavy atom. The van der Waals surface area contributed by atoms with Crippen LogP contribution in [0.25, 0.3) is 17.2 Å². The minimum Gasteiger partial charge on any atom is -0.380 e. The van der Waals surface area contributed by atoms with Crippen LogP contribution in [-0.2, 0) is 4.74 Å². The first kappa shape index (κ1) is 24.7. The SMILES string of the molecule is C(=C\c1ccc(-c2ccccc2)cc1)/CCCCCCCCOC[C@@H]1CCCN1.Cl. The molecule has 0 aromatic heterocycles. The number of halogens is 1. The zero-order valence-electron chi connectivity index (χ0n) is 18.2. The van der Waals surface area contributed by atoms with Gasteiger partial charge in [0.1, 0.15) is 0 Å². The van der Waals surface area contributed by atoms with E-state index in [9.17, 15) is 0 Å². The number of hydrogen-bond acceptors (Lipinski definition) is 2. The third kappa shape index (κ3) is 9.47. The Morgan fingerprint density at radius 3 is 2.27 bits per heavy atom. The summed E-state index contributed by atoms with van der Waals surface area (Å²) in [7, 11) is 0. The van der Waals surface area contributed by atoms with Crippen molar-refractivity contribution in [2.45, 2.75) is 63.8 Å². The van der Waals surface area contributed by atoms with Crippen LogP contribution in [-0.4, -0.2) is 25.8 Å². The Labute approximate surface area is 189 Å². The number of allylic oxidation sites excluding steroid dienone is 1. The fraction of sp³-hybridized carbons (Fsp3) is 0.481. The standard InChI is InChI=1S/C27H37NO.ClH/c1(2-4-6-11-22-29-23-27-16-12-21-28-27)3-5-8-13-24-17-19-26(20-18-24)25-14-9-7-10-15-25;/h7-10,13-15,17-20,27-28H,1-6,11-12,16,21-23H2;1H/b13-8+;/t27-;/m0./s1. The summed E-state index contributed by atoms with van der Waals surface area (Å²) in [5.74, 6) is 0. The summed E-state index contributed by atoms with van der Waals surface area (Å²) in [6.07, 6.45) is 16.2. The van der Waals surface area contributed by atoms with Gasteiger partial charge in [-0.05, 0) is 55.3 Å². The Kier molecular flexibility index (Phi) is 12.5. The first-order valence-corrected chi connectivity index (χ1v) is 11.5. The Balaban J connectivity index is 0.00000320. The van der Waals surface area contributed by atoms with Crippen molar-refractivity contribution in [1.82, 2.24) is 5.32 Å². The molecule has 0 aliphatic carbocycles. The molecule has 1 aliphatic heterocycles. The normalized spacial score (nSPS) is 16.1. The second-order valence-corrected chi connectivity index (χ2v) is 8.17. The summed E-state index contributed by atoms with van der Waals surface area (Å²) in [5.41, 5.74) is 3.85. The van der Waals surface area contributed by atoms with Crippen molar-refractivity contribution in [3.05, 3.63) is 66.2 Å². The van der Waals surface area contributed by atoms with E-state index in [1.165, 1.54) is 81.0 Å². The minimum absolute atomic E-state index is 0. The number of unbranched alkanes of at least 4 members (excludes halogenated alkanes) is 6. The molecule has 164 valence electrons. The van der Waals surface area contributed by atoms with Crippen LogP contribution in [0.5, 0.6) is 0 Å². The van der Waals surface area contributed by atoms with Gasteiger partial charge in [0.25, 0.3) is 0 Å². The van der Waals surface area contributed by atoms with Crippen LogP contribution in [0.2, 0.25) is 0 Å². The van der Waals surface area contributed by atoms with Crippen LogP contribution in [0.3, 0.4) is 0 Å². The van der Waals surface area contributed by atoms with Crippen molar-refractivity contribution >= 4 is 18.5 Å². The quantitative estimate of drug-likeness (QED) is 0.339. The van der Waals surface area contributed by atoms with E-state index in [1.807, 2.05) is 0 Å². The van der Waals surface area contributed by atoms with Gasteiger partial charge in [0.15, 0.2) is 0 Å². The number of ether oxygens (including phenoxy) is 1. The summed E-state index contributed by atoms with van der Waals surface area (Å²) in [6.45, 7) is 3.01. The van der Waals surface area contributed by atoms with Crippen molar-refractivity contribution in [3.63, 3.8) is 0 Å². The van der Waals surface area contributed by atoms with E-state index in [2.05, 4.69) is 72.1 Å². The first-order chi connectivity index (χ1) is 14.4. The third-order valence-electron chi connectivity index (χ3n) is 5.72. The van der Waals surface area contributed by atoms with Crippen LogP contribution in [0.4, 0.5) is 0 Å². The second-order valence-electron chi connectivity index (χ2n) is 8.17. The molecule has 1 saturated heterocycles. The molecule has 1 aliphatic rings. The molecule has 0 saturated carbocycles. The summed E-state index contributed by atoms with van der Waals surface area (Å²) < 4.78 is 5.78. The maximum absolute atomic E-state index is 5.78. The Hall–Kier alpha value is -1.61. The fourth-order valence-electron chi connectivity index (χ4n) is 3.93. The van der Waals surface area contributed by atoms with Gasteiger partial charge in [0.2, 0.25) is 0 Å². The first-order valence-electron chi connectivity index (χ1n) is 11.5. The average Bonchev–Trinajstić information content (AvgIpc) is 3.29. The van der Waals surface area contributed by atoms with E-state index in [-0.39, 0.29) is 12.4 Å². The molecule has 0 bridgehead atoms. The van der Waals surface area contributed by atoms with E-state index in [1.54, 1.807) is 0 Å². The fourth-order valence-corrected chi connectivity index (χ4v) is 3.93. The Bertz CT molecular complexity index is 693. The summed E-state index contributed by atoms with van der Waals surface area (Å²) >= 11 is 0. The van der Waals surface area contributed by atoms with Crippen LogP contribution in [0, 0.1) is 0 Å². The van der Waals surface area contributed by atoms with Crippen LogP contribution >= 0.6 is 12.4 Å². The minimum atomic E-state index is 0. The van der Waals surface area contributed by atoms with E-state index in [0.717, 1.165) is 13.2 Å². The van der Waals surface area contributed by atoms with E-state index < -0.39 is 0 Å².